The Bertz CT molecular complexity index is 577. The molecule has 0 spiro atoms. The van der Waals surface area contributed by atoms with Crippen molar-refractivity contribution in [2.24, 2.45) is 0 Å². The molecule has 0 saturated heterocycles. The van der Waals surface area contributed by atoms with Gasteiger partial charge in [0.15, 0.2) is 0 Å². The van der Waals surface area contributed by atoms with Gasteiger partial charge in [-0.25, -0.2) is 0 Å². The van der Waals surface area contributed by atoms with E-state index < -0.39 is 0 Å². The maximum Gasteiger partial charge on any atom is 0.0934 e. The van der Waals surface area contributed by atoms with Crippen LogP contribution in [0, 0.1) is 20.8 Å². The Hall–Kier alpha value is -1.54. The summed E-state index contributed by atoms with van der Waals surface area (Å²) in [5.41, 5.74) is 11.8. The lowest BCUT2D eigenvalue weighted by Gasteiger charge is -2.11. The summed E-state index contributed by atoms with van der Waals surface area (Å²) in [6, 6.07) is 5.92. The third-order valence-electron chi connectivity index (χ3n) is 2.81. The van der Waals surface area contributed by atoms with E-state index in [-0.39, 0.29) is 0 Å². The van der Waals surface area contributed by atoms with Gasteiger partial charge >= 0.3 is 0 Å². The van der Waals surface area contributed by atoms with Crippen LogP contribution in [-0.4, -0.2) is 4.98 Å². The fourth-order valence-electron chi connectivity index (χ4n) is 1.85. The van der Waals surface area contributed by atoms with Crippen LogP contribution in [0.1, 0.15) is 16.7 Å². The fourth-order valence-corrected chi connectivity index (χ4v) is 2.07. The summed E-state index contributed by atoms with van der Waals surface area (Å²) in [6.07, 6.45) is 1.83. The van der Waals surface area contributed by atoms with Gasteiger partial charge in [0.05, 0.1) is 11.4 Å². The summed E-state index contributed by atoms with van der Waals surface area (Å²) in [6.45, 7) is 5.98. The Morgan fingerprint density at radius 1 is 1.06 bits per heavy atom. The molecule has 0 atom stereocenters. The number of halogens is 1. The van der Waals surface area contributed by atoms with Gasteiger partial charge in [0.25, 0.3) is 0 Å². The van der Waals surface area contributed by atoms with Gasteiger partial charge in [0, 0.05) is 16.8 Å². The Kier molecular flexibility index (Phi) is 3.07. The van der Waals surface area contributed by atoms with Crippen LogP contribution in [0.5, 0.6) is 0 Å². The SMILES string of the molecule is Cc1cnc(-c2cc(C)c(Cl)cc2C)c(N)c1. The van der Waals surface area contributed by atoms with Crippen LogP contribution in [0.3, 0.4) is 0 Å². The summed E-state index contributed by atoms with van der Waals surface area (Å²) < 4.78 is 0. The molecule has 3 heteroatoms. The van der Waals surface area contributed by atoms with Gasteiger partial charge in [0.2, 0.25) is 0 Å². The van der Waals surface area contributed by atoms with Crippen molar-refractivity contribution in [2.45, 2.75) is 20.8 Å². The van der Waals surface area contributed by atoms with E-state index in [1.54, 1.807) is 0 Å². The second-order valence-corrected chi connectivity index (χ2v) is 4.77. The molecule has 0 aliphatic rings. The predicted molar refractivity (Wildman–Crippen MR) is 73.3 cm³/mol. The molecule has 1 heterocycles. The zero-order valence-corrected chi connectivity index (χ0v) is 11.0. The molecule has 0 fully saturated rings. The van der Waals surface area contributed by atoms with E-state index in [9.17, 15) is 0 Å². The standard InChI is InChI=1S/C14H15ClN2/c1-8-4-13(16)14(17-7-8)11-5-10(3)12(15)6-9(11)2/h4-7H,16H2,1-3H3. The molecule has 0 amide bonds. The Labute approximate surface area is 106 Å². The summed E-state index contributed by atoms with van der Waals surface area (Å²) in [5.74, 6) is 0. The number of anilines is 1. The van der Waals surface area contributed by atoms with Crippen LogP contribution < -0.4 is 5.73 Å². The highest BCUT2D eigenvalue weighted by Crippen LogP contribution is 2.30. The number of nitrogens with two attached hydrogens (primary N) is 1. The van der Waals surface area contributed by atoms with Crippen LogP contribution in [0.4, 0.5) is 5.69 Å². The van der Waals surface area contributed by atoms with E-state index in [4.69, 9.17) is 17.3 Å². The van der Waals surface area contributed by atoms with Crippen LogP contribution >= 0.6 is 11.6 Å². The number of aromatic nitrogens is 1. The molecule has 2 rings (SSSR count). The minimum Gasteiger partial charge on any atom is -0.397 e. The van der Waals surface area contributed by atoms with E-state index in [0.29, 0.717) is 5.69 Å². The Morgan fingerprint density at radius 2 is 1.76 bits per heavy atom. The van der Waals surface area contributed by atoms with E-state index in [1.165, 1.54) is 0 Å². The van der Waals surface area contributed by atoms with Gasteiger partial charge in [0.1, 0.15) is 0 Å². The zero-order chi connectivity index (χ0) is 12.6. The average Bonchev–Trinajstić information content (AvgIpc) is 2.24. The number of aryl methyl sites for hydroxylation is 3. The largest absolute Gasteiger partial charge is 0.397 e. The van der Waals surface area contributed by atoms with E-state index in [1.807, 2.05) is 45.2 Å². The molecule has 2 nitrogen and oxygen atoms in total. The first kappa shape index (κ1) is 11.9. The number of pyridine rings is 1. The molecular weight excluding hydrogens is 232 g/mol. The molecule has 1 aromatic heterocycles. The number of rotatable bonds is 1. The van der Waals surface area contributed by atoms with Gasteiger partial charge < -0.3 is 5.73 Å². The molecule has 2 N–H and O–H groups in total. The topological polar surface area (TPSA) is 38.9 Å². The molecule has 0 aliphatic carbocycles. The van der Waals surface area contributed by atoms with Crippen molar-refractivity contribution in [1.29, 1.82) is 0 Å². The molecule has 17 heavy (non-hydrogen) atoms. The predicted octanol–water partition coefficient (Wildman–Crippen LogP) is 3.91. The number of hydrogen-bond acceptors (Lipinski definition) is 2. The maximum absolute atomic E-state index is 6.09. The first-order chi connectivity index (χ1) is 7.99. The fraction of sp³-hybridized carbons (Fsp3) is 0.214. The molecule has 2 aromatic rings. The monoisotopic (exact) mass is 246 g/mol. The lowest BCUT2D eigenvalue weighted by atomic mass is 10.0. The van der Waals surface area contributed by atoms with Gasteiger partial charge in [-0.05, 0) is 55.7 Å². The Morgan fingerprint density at radius 3 is 2.41 bits per heavy atom. The highest BCUT2D eigenvalue weighted by molar-refractivity contribution is 6.31. The first-order valence-corrected chi connectivity index (χ1v) is 5.86. The molecule has 0 saturated carbocycles. The second-order valence-electron chi connectivity index (χ2n) is 4.37. The number of hydrogen-bond donors (Lipinski definition) is 1. The van der Waals surface area contributed by atoms with Crippen molar-refractivity contribution in [2.75, 3.05) is 5.73 Å². The van der Waals surface area contributed by atoms with E-state index in [0.717, 1.165) is 33.0 Å². The van der Waals surface area contributed by atoms with Gasteiger partial charge in [-0.15, -0.1) is 0 Å². The van der Waals surface area contributed by atoms with Crippen molar-refractivity contribution in [1.82, 2.24) is 4.98 Å². The van der Waals surface area contributed by atoms with Crippen molar-refractivity contribution >= 4 is 17.3 Å². The Balaban J connectivity index is 2.64. The average molecular weight is 247 g/mol. The molecule has 1 aromatic carbocycles. The van der Waals surface area contributed by atoms with Crippen LogP contribution in [-0.2, 0) is 0 Å². The quantitative estimate of drug-likeness (QED) is 0.829. The van der Waals surface area contributed by atoms with E-state index in [2.05, 4.69) is 4.98 Å². The zero-order valence-electron chi connectivity index (χ0n) is 10.2. The summed E-state index contributed by atoms with van der Waals surface area (Å²) in [5, 5.41) is 0.775. The molecule has 0 radical (unpaired) electrons. The van der Waals surface area contributed by atoms with Crippen LogP contribution in [0.15, 0.2) is 24.4 Å². The van der Waals surface area contributed by atoms with Gasteiger partial charge in [-0.2, -0.15) is 0 Å². The lowest BCUT2D eigenvalue weighted by Crippen LogP contribution is -1.96. The van der Waals surface area contributed by atoms with E-state index >= 15 is 0 Å². The van der Waals surface area contributed by atoms with Crippen molar-refractivity contribution in [3.8, 4) is 11.3 Å². The van der Waals surface area contributed by atoms with Crippen LogP contribution in [0.25, 0.3) is 11.3 Å². The third kappa shape index (κ3) is 2.27. The minimum atomic E-state index is 0.704. The summed E-state index contributed by atoms with van der Waals surface area (Å²) >= 11 is 6.09. The van der Waals surface area contributed by atoms with Crippen molar-refractivity contribution in [3.05, 3.63) is 46.1 Å². The second kappa shape index (κ2) is 4.38. The van der Waals surface area contributed by atoms with Gasteiger partial charge in [-0.1, -0.05) is 11.6 Å². The first-order valence-electron chi connectivity index (χ1n) is 5.48. The molecule has 0 bridgehead atoms. The summed E-state index contributed by atoms with van der Waals surface area (Å²) in [7, 11) is 0. The number of nitrogens with zero attached hydrogens (tertiary/aromatic N) is 1. The normalized spacial score (nSPS) is 10.6. The smallest absolute Gasteiger partial charge is 0.0934 e. The number of benzene rings is 1. The third-order valence-corrected chi connectivity index (χ3v) is 3.22. The highest BCUT2D eigenvalue weighted by Gasteiger charge is 2.09. The van der Waals surface area contributed by atoms with Crippen molar-refractivity contribution in [3.63, 3.8) is 0 Å². The summed E-state index contributed by atoms with van der Waals surface area (Å²) in [4.78, 5) is 4.41. The highest BCUT2D eigenvalue weighted by atomic mass is 35.5. The minimum absolute atomic E-state index is 0.704. The van der Waals surface area contributed by atoms with Crippen LogP contribution in [0.2, 0.25) is 5.02 Å². The maximum atomic E-state index is 6.09. The number of nitrogen functional groups attached to an aromatic ring is 1. The van der Waals surface area contributed by atoms with Gasteiger partial charge in [-0.3, -0.25) is 4.98 Å². The molecule has 0 aliphatic heterocycles. The lowest BCUT2D eigenvalue weighted by molar-refractivity contribution is 1.26. The van der Waals surface area contributed by atoms with Crippen molar-refractivity contribution < 1.29 is 0 Å². The molecule has 0 unspecified atom stereocenters. The molecule has 88 valence electrons. The molecular formula is C14H15ClN2.